The largest absolute Gasteiger partial charge is 0.489 e. The third-order valence-corrected chi connectivity index (χ3v) is 6.50. The van der Waals surface area contributed by atoms with Crippen LogP contribution in [0.25, 0.3) is 10.8 Å². The lowest BCUT2D eigenvalue weighted by Gasteiger charge is -2.45. The molecule has 3 aromatic rings. The molecule has 0 aliphatic carbocycles. The van der Waals surface area contributed by atoms with Crippen molar-refractivity contribution in [2.45, 2.75) is 32.0 Å². The average molecular weight is 463 g/mol. The molecule has 1 N–H and O–H groups in total. The number of piperidine rings is 3. The van der Waals surface area contributed by atoms with Gasteiger partial charge in [0.05, 0.1) is 0 Å². The Morgan fingerprint density at radius 2 is 1.68 bits per heavy atom. The van der Waals surface area contributed by atoms with Crippen LogP contribution in [0.4, 0.5) is 4.39 Å². The minimum absolute atomic E-state index is 0. The van der Waals surface area contributed by atoms with Gasteiger partial charge in [-0.25, -0.2) is 4.39 Å². The molecule has 3 heterocycles. The third-order valence-electron chi connectivity index (χ3n) is 6.50. The molecule has 31 heavy (non-hydrogen) atoms. The Labute approximate surface area is 195 Å². The first-order valence-corrected chi connectivity index (χ1v) is 10.6. The van der Waals surface area contributed by atoms with E-state index in [0.29, 0.717) is 12.6 Å². The number of benzene rings is 3. The van der Waals surface area contributed by atoms with E-state index in [0.717, 1.165) is 30.3 Å². The third kappa shape index (κ3) is 5.32. The van der Waals surface area contributed by atoms with Crippen molar-refractivity contribution in [3.63, 3.8) is 0 Å². The molecule has 3 aliphatic heterocycles. The highest BCUT2D eigenvalue weighted by Gasteiger charge is 2.33. The van der Waals surface area contributed by atoms with E-state index in [1.165, 1.54) is 54.4 Å². The molecule has 1 atom stereocenters. The molecule has 3 aromatic carbocycles. The first-order chi connectivity index (χ1) is 14.3. The zero-order chi connectivity index (χ0) is 19.6. The fourth-order valence-corrected chi connectivity index (χ4v) is 4.80. The SMILES string of the molecule is Cl.Cl.Fc1ccc(COc2ccc3ccccc3c2CNC2CN3CCC2CC3)cc1. The van der Waals surface area contributed by atoms with Crippen molar-refractivity contribution in [1.82, 2.24) is 10.2 Å². The molecule has 3 aliphatic rings. The molecule has 0 amide bonds. The lowest BCUT2D eigenvalue weighted by atomic mass is 9.84. The van der Waals surface area contributed by atoms with Crippen molar-refractivity contribution in [2.75, 3.05) is 19.6 Å². The summed E-state index contributed by atoms with van der Waals surface area (Å²) in [5, 5.41) is 6.30. The predicted molar refractivity (Wildman–Crippen MR) is 129 cm³/mol. The van der Waals surface area contributed by atoms with E-state index in [2.05, 4.69) is 46.6 Å². The van der Waals surface area contributed by atoms with Gasteiger partial charge >= 0.3 is 0 Å². The summed E-state index contributed by atoms with van der Waals surface area (Å²) in [6, 6.07) is 19.8. The highest BCUT2D eigenvalue weighted by atomic mass is 35.5. The van der Waals surface area contributed by atoms with E-state index in [4.69, 9.17) is 4.74 Å². The summed E-state index contributed by atoms with van der Waals surface area (Å²) in [4.78, 5) is 2.58. The maximum absolute atomic E-state index is 13.2. The van der Waals surface area contributed by atoms with Gasteiger partial charge in [0.1, 0.15) is 18.2 Å². The van der Waals surface area contributed by atoms with Crippen LogP contribution in [-0.2, 0) is 13.2 Å². The zero-order valence-corrected chi connectivity index (χ0v) is 19.1. The second-order valence-electron chi connectivity index (χ2n) is 8.30. The van der Waals surface area contributed by atoms with Crippen LogP contribution in [0.5, 0.6) is 5.75 Å². The fraction of sp³-hybridized carbons (Fsp3) is 0.360. The number of nitrogens with zero attached hydrogens (tertiary/aromatic N) is 1. The van der Waals surface area contributed by atoms with Crippen LogP contribution in [0.2, 0.25) is 0 Å². The molecule has 0 radical (unpaired) electrons. The first-order valence-electron chi connectivity index (χ1n) is 10.6. The van der Waals surface area contributed by atoms with Gasteiger partial charge in [-0.3, -0.25) is 0 Å². The monoisotopic (exact) mass is 462 g/mol. The Bertz CT molecular complexity index is 990. The van der Waals surface area contributed by atoms with Crippen LogP contribution >= 0.6 is 24.8 Å². The van der Waals surface area contributed by atoms with Gasteiger partial charge in [0.2, 0.25) is 0 Å². The average Bonchev–Trinajstić information content (AvgIpc) is 2.78. The summed E-state index contributed by atoms with van der Waals surface area (Å²) < 4.78 is 19.4. The highest BCUT2D eigenvalue weighted by Crippen LogP contribution is 2.31. The molecule has 3 saturated heterocycles. The number of hydrogen-bond donors (Lipinski definition) is 1. The number of hydrogen-bond acceptors (Lipinski definition) is 3. The van der Waals surface area contributed by atoms with Crippen LogP contribution < -0.4 is 10.1 Å². The van der Waals surface area contributed by atoms with Crippen LogP contribution in [0, 0.1) is 11.7 Å². The zero-order valence-electron chi connectivity index (χ0n) is 17.4. The lowest BCUT2D eigenvalue weighted by molar-refractivity contribution is 0.0719. The standard InChI is InChI=1S/C25H27FN2O.2ClH/c26-21-8-5-18(6-9-21)17-29-25-10-7-19-3-1-2-4-22(19)23(25)15-27-24-16-28-13-11-20(24)12-14-28;;/h1-10,20,24,27H,11-17H2;2*1H. The molecule has 0 spiro atoms. The molecule has 0 aromatic heterocycles. The Morgan fingerprint density at radius 3 is 2.39 bits per heavy atom. The van der Waals surface area contributed by atoms with Gasteiger partial charge in [-0.05, 0) is 66.4 Å². The Hall–Kier alpha value is -1.85. The van der Waals surface area contributed by atoms with Gasteiger partial charge in [-0.1, -0.05) is 42.5 Å². The molecule has 0 saturated carbocycles. The minimum atomic E-state index is -0.220. The van der Waals surface area contributed by atoms with Gasteiger partial charge in [0.25, 0.3) is 0 Å². The molecule has 2 bridgehead atoms. The molecule has 3 nitrogen and oxygen atoms in total. The number of ether oxygens (including phenoxy) is 1. The molecule has 166 valence electrons. The predicted octanol–water partition coefficient (Wildman–Crippen LogP) is 5.59. The van der Waals surface area contributed by atoms with E-state index in [1.54, 1.807) is 12.1 Å². The Balaban J connectivity index is 0.00000136. The van der Waals surface area contributed by atoms with Gasteiger partial charge < -0.3 is 15.0 Å². The molecule has 1 unspecified atom stereocenters. The highest BCUT2D eigenvalue weighted by molar-refractivity contribution is 5.87. The minimum Gasteiger partial charge on any atom is -0.489 e. The number of rotatable bonds is 6. The summed E-state index contributed by atoms with van der Waals surface area (Å²) in [7, 11) is 0. The Kier molecular flexibility index (Phi) is 8.17. The second-order valence-corrected chi connectivity index (χ2v) is 8.30. The van der Waals surface area contributed by atoms with E-state index in [9.17, 15) is 4.39 Å². The molecular weight excluding hydrogens is 434 g/mol. The topological polar surface area (TPSA) is 24.5 Å². The maximum atomic E-state index is 13.2. The van der Waals surface area contributed by atoms with Crippen LogP contribution in [0.3, 0.4) is 0 Å². The van der Waals surface area contributed by atoms with E-state index < -0.39 is 0 Å². The van der Waals surface area contributed by atoms with Gasteiger partial charge in [0, 0.05) is 24.7 Å². The van der Waals surface area contributed by atoms with Crippen LogP contribution in [0.15, 0.2) is 60.7 Å². The summed E-state index contributed by atoms with van der Waals surface area (Å²) in [5.41, 5.74) is 2.18. The molecular formula is C25H29Cl2FN2O. The number of fused-ring (bicyclic) bond motifs is 4. The van der Waals surface area contributed by atoms with Crippen molar-refractivity contribution >= 4 is 35.6 Å². The lowest BCUT2D eigenvalue weighted by Crippen LogP contribution is -2.55. The smallest absolute Gasteiger partial charge is 0.124 e. The van der Waals surface area contributed by atoms with Crippen molar-refractivity contribution in [2.24, 2.45) is 5.92 Å². The van der Waals surface area contributed by atoms with Gasteiger partial charge in [-0.15, -0.1) is 24.8 Å². The van der Waals surface area contributed by atoms with E-state index >= 15 is 0 Å². The normalized spacial score (nSPS) is 21.9. The van der Waals surface area contributed by atoms with Crippen molar-refractivity contribution in [1.29, 1.82) is 0 Å². The first kappa shape index (κ1) is 23.8. The summed E-state index contributed by atoms with van der Waals surface area (Å²) in [6.07, 6.45) is 2.61. The van der Waals surface area contributed by atoms with Crippen molar-refractivity contribution < 1.29 is 9.13 Å². The summed E-state index contributed by atoms with van der Waals surface area (Å²) in [6.45, 7) is 4.90. The van der Waals surface area contributed by atoms with Crippen molar-refractivity contribution in [3.05, 3.63) is 77.6 Å². The molecule has 3 fully saturated rings. The van der Waals surface area contributed by atoms with Gasteiger partial charge in [0.15, 0.2) is 0 Å². The quantitative estimate of drug-likeness (QED) is 0.516. The summed E-state index contributed by atoms with van der Waals surface area (Å²) in [5.74, 6) is 1.47. The van der Waals surface area contributed by atoms with E-state index in [-0.39, 0.29) is 30.6 Å². The van der Waals surface area contributed by atoms with Crippen LogP contribution in [-0.4, -0.2) is 30.6 Å². The Morgan fingerprint density at radius 1 is 0.935 bits per heavy atom. The maximum Gasteiger partial charge on any atom is 0.124 e. The second kappa shape index (κ2) is 10.6. The van der Waals surface area contributed by atoms with Crippen LogP contribution in [0.1, 0.15) is 24.0 Å². The number of halogens is 3. The van der Waals surface area contributed by atoms with Gasteiger partial charge in [-0.2, -0.15) is 0 Å². The molecule has 6 heteroatoms. The molecule has 6 rings (SSSR count). The number of nitrogens with one attached hydrogen (secondary N) is 1. The fourth-order valence-electron chi connectivity index (χ4n) is 4.80. The van der Waals surface area contributed by atoms with Crippen molar-refractivity contribution in [3.8, 4) is 5.75 Å². The summed E-state index contributed by atoms with van der Waals surface area (Å²) >= 11 is 0. The van der Waals surface area contributed by atoms with E-state index in [1.807, 2.05) is 0 Å².